The second-order valence-corrected chi connectivity index (χ2v) is 6.33. The van der Waals surface area contributed by atoms with E-state index >= 15 is 0 Å². The maximum atomic E-state index is 13.7. The summed E-state index contributed by atoms with van der Waals surface area (Å²) in [6, 6.07) is 11.9. The molecule has 7 heteroatoms. The highest BCUT2D eigenvalue weighted by atomic mass is 35.5. The third-order valence-electron chi connectivity index (χ3n) is 3.90. The average Bonchev–Trinajstić information content (AvgIpc) is 2.64. The third kappa shape index (κ3) is 6.57. The lowest BCUT2D eigenvalue weighted by Crippen LogP contribution is -2.38. The van der Waals surface area contributed by atoms with Gasteiger partial charge in [-0.05, 0) is 37.6 Å². The molecule has 0 radical (unpaired) electrons. The third-order valence-corrected chi connectivity index (χ3v) is 4.31. The van der Waals surface area contributed by atoms with E-state index in [2.05, 4.69) is 20.9 Å². The molecule has 2 aromatic carbocycles. The Labute approximate surface area is 164 Å². The van der Waals surface area contributed by atoms with E-state index in [0.29, 0.717) is 35.3 Å². The Bertz CT molecular complexity index is 810. The van der Waals surface area contributed by atoms with Crippen molar-refractivity contribution in [3.8, 4) is 0 Å². The number of hydrogen-bond donors (Lipinski definition) is 3. The Kier molecular flexibility index (Phi) is 8.07. The molecule has 0 atom stereocenters. The number of carbonyl (C=O) groups is 1. The number of guanidine groups is 1. The summed E-state index contributed by atoms with van der Waals surface area (Å²) in [6.45, 7) is 5.07. The highest BCUT2D eigenvalue weighted by molar-refractivity contribution is 6.31. The van der Waals surface area contributed by atoms with Crippen LogP contribution in [-0.4, -0.2) is 25.0 Å². The Morgan fingerprint density at radius 2 is 1.93 bits per heavy atom. The van der Waals surface area contributed by atoms with Gasteiger partial charge in [0.25, 0.3) is 0 Å². The van der Waals surface area contributed by atoms with Crippen LogP contribution in [0.5, 0.6) is 0 Å². The van der Waals surface area contributed by atoms with Gasteiger partial charge in [-0.1, -0.05) is 35.9 Å². The second kappa shape index (κ2) is 10.5. The van der Waals surface area contributed by atoms with Crippen LogP contribution in [0.15, 0.2) is 47.5 Å². The quantitative estimate of drug-likeness (QED) is 0.496. The van der Waals surface area contributed by atoms with Gasteiger partial charge in [-0.15, -0.1) is 0 Å². The monoisotopic (exact) mass is 390 g/mol. The molecule has 144 valence electrons. The van der Waals surface area contributed by atoms with Gasteiger partial charge in [0, 0.05) is 35.8 Å². The molecule has 2 rings (SSSR count). The van der Waals surface area contributed by atoms with Gasteiger partial charge in [0.2, 0.25) is 5.91 Å². The molecule has 0 unspecified atom stereocenters. The molecule has 3 N–H and O–H groups in total. The van der Waals surface area contributed by atoms with Gasteiger partial charge in [0.15, 0.2) is 5.96 Å². The van der Waals surface area contributed by atoms with E-state index in [4.69, 9.17) is 11.6 Å². The number of carbonyl (C=O) groups excluding carboxylic acids is 1. The highest BCUT2D eigenvalue weighted by Gasteiger charge is 2.07. The Hall–Kier alpha value is -2.60. The van der Waals surface area contributed by atoms with Crippen LogP contribution in [0.1, 0.15) is 24.5 Å². The number of halogens is 2. The summed E-state index contributed by atoms with van der Waals surface area (Å²) in [5.74, 6) is 0.124. The molecule has 27 heavy (non-hydrogen) atoms. The van der Waals surface area contributed by atoms with Crippen molar-refractivity contribution < 1.29 is 9.18 Å². The zero-order chi connectivity index (χ0) is 19.6. The summed E-state index contributed by atoms with van der Waals surface area (Å²) in [4.78, 5) is 16.5. The van der Waals surface area contributed by atoms with Crippen LogP contribution >= 0.6 is 11.6 Å². The van der Waals surface area contributed by atoms with Crippen molar-refractivity contribution in [2.24, 2.45) is 4.99 Å². The molecule has 0 spiro atoms. The van der Waals surface area contributed by atoms with Gasteiger partial charge in [0.1, 0.15) is 5.82 Å². The molecule has 0 saturated carbocycles. The summed E-state index contributed by atoms with van der Waals surface area (Å²) < 4.78 is 13.7. The van der Waals surface area contributed by atoms with E-state index in [1.807, 2.05) is 19.9 Å². The molecule has 0 heterocycles. The fourth-order valence-electron chi connectivity index (χ4n) is 2.38. The van der Waals surface area contributed by atoms with Crippen LogP contribution in [0, 0.1) is 12.7 Å². The molecule has 0 fully saturated rings. The van der Waals surface area contributed by atoms with Crippen LogP contribution < -0.4 is 16.0 Å². The largest absolute Gasteiger partial charge is 0.357 e. The molecule has 0 aromatic heterocycles. The first-order valence-electron chi connectivity index (χ1n) is 8.81. The van der Waals surface area contributed by atoms with Crippen molar-refractivity contribution in [2.45, 2.75) is 26.8 Å². The minimum Gasteiger partial charge on any atom is -0.357 e. The number of amides is 1. The first kappa shape index (κ1) is 20.7. The van der Waals surface area contributed by atoms with Crippen LogP contribution in [-0.2, 0) is 11.3 Å². The maximum Gasteiger partial charge on any atom is 0.226 e. The Morgan fingerprint density at radius 3 is 2.67 bits per heavy atom. The summed E-state index contributed by atoms with van der Waals surface area (Å²) >= 11 is 6.06. The topological polar surface area (TPSA) is 65.5 Å². The number of hydrogen-bond acceptors (Lipinski definition) is 2. The van der Waals surface area contributed by atoms with E-state index in [1.165, 1.54) is 6.07 Å². The molecular formula is C20H24ClFN4O. The number of anilines is 1. The molecule has 0 aliphatic heterocycles. The van der Waals surface area contributed by atoms with Crippen molar-refractivity contribution in [3.63, 3.8) is 0 Å². The second-order valence-electron chi connectivity index (χ2n) is 5.92. The van der Waals surface area contributed by atoms with E-state index in [0.717, 1.165) is 5.56 Å². The van der Waals surface area contributed by atoms with Gasteiger partial charge in [-0.25, -0.2) is 9.38 Å². The lowest BCUT2D eigenvalue weighted by Gasteiger charge is -2.12. The van der Waals surface area contributed by atoms with Gasteiger partial charge in [-0.2, -0.15) is 0 Å². The van der Waals surface area contributed by atoms with Crippen LogP contribution in [0.4, 0.5) is 10.1 Å². The van der Waals surface area contributed by atoms with Gasteiger partial charge < -0.3 is 16.0 Å². The molecular weight excluding hydrogens is 367 g/mol. The molecule has 2 aromatic rings. The number of benzene rings is 2. The zero-order valence-electron chi connectivity index (χ0n) is 15.5. The fraction of sp³-hybridized carbons (Fsp3) is 0.300. The predicted molar refractivity (Wildman–Crippen MR) is 109 cm³/mol. The Balaban J connectivity index is 1.86. The number of nitrogens with one attached hydrogen (secondary N) is 3. The SMILES string of the molecule is CCNC(=NCc1ccccc1F)NCCC(=O)Nc1cccc(Cl)c1C. The highest BCUT2D eigenvalue weighted by Crippen LogP contribution is 2.22. The van der Waals surface area contributed by atoms with Crippen molar-refractivity contribution in [1.82, 2.24) is 10.6 Å². The maximum absolute atomic E-state index is 13.7. The minimum absolute atomic E-state index is 0.127. The summed E-state index contributed by atoms with van der Waals surface area (Å²) in [6.07, 6.45) is 0.260. The molecule has 0 aliphatic carbocycles. The predicted octanol–water partition coefficient (Wildman–Crippen LogP) is 3.87. The normalized spacial score (nSPS) is 11.2. The van der Waals surface area contributed by atoms with E-state index in [1.54, 1.807) is 30.3 Å². The first-order valence-corrected chi connectivity index (χ1v) is 9.19. The summed E-state index contributed by atoms with van der Waals surface area (Å²) in [5, 5.41) is 9.62. The number of aliphatic imine (C=N–C) groups is 1. The fourth-order valence-corrected chi connectivity index (χ4v) is 2.56. The average molecular weight is 391 g/mol. The van der Waals surface area contributed by atoms with Crippen molar-refractivity contribution >= 4 is 29.2 Å². The van der Waals surface area contributed by atoms with E-state index < -0.39 is 0 Å². The molecule has 1 amide bonds. The molecule has 0 bridgehead atoms. The number of nitrogens with zero attached hydrogens (tertiary/aromatic N) is 1. The summed E-state index contributed by atoms with van der Waals surface area (Å²) in [5.41, 5.74) is 2.05. The van der Waals surface area contributed by atoms with E-state index in [-0.39, 0.29) is 24.7 Å². The van der Waals surface area contributed by atoms with Crippen LogP contribution in [0.2, 0.25) is 5.02 Å². The zero-order valence-corrected chi connectivity index (χ0v) is 16.2. The van der Waals surface area contributed by atoms with E-state index in [9.17, 15) is 9.18 Å². The van der Waals surface area contributed by atoms with Crippen molar-refractivity contribution in [3.05, 3.63) is 64.4 Å². The first-order chi connectivity index (χ1) is 13.0. The van der Waals surface area contributed by atoms with Gasteiger partial charge >= 0.3 is 0 Å². The van der Waals surface area contributed by atoms with Crippen molar-refractivity contribution in [2.75, 3.05) is 18.4 Å². The van der Waals surface area contributed by atoms with Gasteiger partial charge in [-0.3, -0.25) is 4.79 Å². The standard InChI is InChI=1S/C20H24ClFN4O/c1-3-23-20(25-13-15-7-4-5-9-17(15)22)24-12-11-19(27)26-18-10-6-8-16(21)14(18)2/h4-10H,3,11-13H2,1-2H3,(H,26,27)(H2,23,24,25). The Morgan fingerprint density at radius 1 is 1.15 bits per heavy atom. The number of rotatable bonds is 7. The molecule has 5 nitrogen and oxygen atoms in total. The van der Waals surface area contributed by atoms with Crippen LogP contribution in [0.3, 0.4) is 0 Å². The van der Waals surface area contributed by atoms with Crippen molar-refractivity contribution in [1.29, 1.82) is 0 Å². The van der Waals surface area contributed by atoms with Crippen LogP contribution in [0.25, 0.3) is 0 Å². The lowest BCUT2D eigenvalue weighted by molar-refractivity contribution is -0.116. The smallest absolute Gasteiger partial charge is 0.226 e. The minimum atomic E-state index is -0.284. The lowest BCUT2D eigenvalue weighted by atomic mass is 10.2. The van der Waals surface area contributed by atoms with Gasteiger partial charge in [0.05, 0.1) is 6.54 Å². The molecule has 0 saturated heterocycles. The summed E-state index contributed by atoms with van der Waals surface area (Å²) in [7, 11) is 0. The molecule has 0 aliphatic rings.